The first kappa shape index (κ1) is 12.6. The maximum absolute atomic E-state index is 11.6. The van der Waals surface area contributed by atoms with Crippen molar-refractivity contribution in [2.45, 2.75) is 33.0 Å². The van der Waals surface area contributed by atoms with E-state index < -0.39 is 0 Å². The molecule has 1 aliphatic rings. The summed E-state index contributed by atoms with van der Waals surface area (Å²) in [6, 6.07) is 0. The van der Waals surface area contributed by atoms with E-state index in [1.54, 1.807) is 0 Å². The summed E-state index contributed by atoms with van der Waals surface area (Å²) >= 11 is 0. The molecular formula is C11H21NO3. The van der Waals surface area contributed by atoms with Crippen LogP contribution in [-0.4, -0.2) is 54.2 Å². The molecule has 0 radical (unpaired) electrons. The van der Waals surface area contributed by atoms with Crippen LogP contribution in [-0.2, 0) is 9.53 Å². The van der Waals surface area contributed by atoms with E-state index in [4.69, 9.17) is 9.84 Å². The van der Waals surface area contributed by atoms with Gasteiger partial charge in [0.2, 0.25) is 0 Å². The highest BCUT2D eigenvalue weighted by molar-refractivity contribution is 5.82. The Hall–Kier alpha value is -0.450. The molecule has 2 unspecified atom stereocenters. The van der Waals surface area contributed by atoms with Crippen LogP contribution in [0.5, 0.6) is 0 Å². The number of ether oxygens (including phenoxy) is 1. The van der Waals surface area contributed by atoms with Crippen LogP contribution in [0.2, 0.25) is 0 Å². The predicted molar refractivity (Wildman–Crippen MR) is 57.7 cm³/mol. The summed E-state index contributed by atoms with van der Waals surface area (Å²) in [6.45, 7) is 7.72. The fourth-order valence-corrected chi connectivity index (χ4v) is 1.77. The molecule has 1 aliphatic heterocycles. The van der Waals surface area contributed by atoms with Gasteiger partial charge in [-0.1, -0.05) is 13.8 Å². The van der Waals surface area contributed by atoms with Gasteiger partial charge in [0, 0.05) is 19.0 Å². The van der Waals surface area contributed by atoms with E-state index in [0.29, 0.717) is 13.1 Å². The normalized spacial score (nSPS) is 28.3. The number of morpholine rings is 1. The second kappa shape index (κ2) is 5.58. The number of aliphatic hydroxyl groups is 1. The number of Topliss-reactive ketones (excluding diaryl/α,β-unsaturated/α-hetero) is 1. The van der Waals surface area contributed by atoms with Crippen LogP contribution < -0.4 is 0 Å². The van der Waals surface area contributed by atoms with Gasteiger partial charge >= 0.3 is 0 Å². The zero-order valence-corrected chi connectivity index (χ0v) is 9.77. The third-order valence-corrected chi connectivity index (χ3v) is 2.63. The first-order valence-corrected chi connectivity index (χ1v) is 5.54. The predicted octanol–water partition coefficient (Wildman–Crippen LogP) is 0.293. The van der Waals surface area contributed by atoms with Gasteiger partial charge in [-0.25, -0.2) is 0 Å². The number of rotatable bonds is 4. The molecule has 1 N–H and O–H groups in total. The summed E-state index contributed by atoms with van der Waals surface area (Å²) in [5.41, 5.74) is 0. The summed E-state index contributed by atoms with van der Waals surface area (Å²) in [6.07, 6.45) is -0.0513. The molecule has 0 bridgehead atoms. The Balaban J connectivity index is 2.44. The highest BCUT2D eigenvalue weighted by Gasteiger charge is 2.26. The molecule has 1 saturated heterocycles. The minimum Gasteiger partial charge on any atom is -0.394 e. The third-order valence-electron chi connectivity index (χ3n) is 2.63. The quantitative estimate of drug-likeness (QED) is 0.732. The Bertz CT molecular complexity index is 218. The summed E-state index contributed by atoms with van der Waals surface area (Å²) in [7, 11) is 0. The lowest BCUT2D eigenvalue weighted by molar-refractivity contribution is -0.129. The lowest BCUT2D eigenvalue weighted by Crippen LogP contribution is -2.49. The molecule has 0 spiro atoms. The lowest BCUT2D eigenvalue weighted by Gasteiger charge is -2.35. The van der Waals surface area contributed by atoms with Gasteiger partial charge in [-0.05, 0) is 6.92 Å². The number of hydrogen-bond acceptors (Lipinski definition) is 4. The molecule has 1 rings (SSSR count). The average molecular weight is 215 g/mol. The molecule has 0 aliphatic carbocycles. The highest BCUT2D eigenvalue weighted by atomic mass is 16.5. The second-order valence-corrected chi connectivity index (χ2v) is 4.57. The van der Waals surface area contributed by atoms with Gasteiger partial charge in [0.05, 0.1) is 25.4 Å². The van der Waals surface area contributed by atoms with Crippen LogP contribution in [0.25, 0.3) is 0 Å². The number of carbonyl (C=O) groups excluding carboxylic acids is 1. The van der Waals surface area contributed by atoms with Crippen molar-refractivity contribution in [2.24, 2.45) is 5.92 Å². The first-order valence-electron chi connectivity index (χ1n) is 5.54. The van der Waals surface area contributed by atoms with Gasteiger partial charge < -0.3 is 9.84 Å². The highest BCUT2D eigenvalue weighted by Crippen LogP contribution is 2.11. The summed E-state index contributed by atoms with van der Waals surface area (Å²) in [5.74, 6) is 0.330. The largest absolute Gasteiger partial charge is 0.394 e. The van der Waals surface area contributed by atoms with Crippen molar-refractivity contribution in [1.82, 2.24) is 4.90 Å². The Morgan fingerprint density at radius 2 is 2.20 bits per heavy atom. The van der Waals surface area contributed by atoms with E-state index in [-0.39, 0.29) is 30.5 Å². The Morgan fingerprint density at radius 3 is 2.73 bits per heavy atom. The SMILES string of the molecule is CC1CN(CC(=O)C(C)C)CC(CO)O1. The van der Waals surface area contributed by atoms with Crippen molar-refractivity contribution in [1.29, 1.82) is 0 Å². The van der Waals surface area contributed by atoms with Crippen LogP contribution in [0.3, 0.4) is 0 Å². The zero-order valence-electron chi connectivity index (χ0n) is 9.77. The fourth-order valence-electron chi connectivity index (χ4n) is 1.77. The molecule has 0 aromatic heterocycles. The Labute approximate surface area is 91.2 Å². The van der Waals surface area contributed by atoms with Gasteiger partial charge in [0.1, 0.15) is 5.78 Å². The minimum atomic E-state index is -0.145. The monoisotopic (exact) mass is 215 g/mol. The zero-order chi connectivity index (χ0) is 11.4. The van der Waals surface area contributed by atoms with Crippen molar-refractivity contribution in [3.05, 3.63) is 0 Å². The molecule has 1 fully saturated rings. The standard InChI is InChI=1S/C11H21NO3/c1-8(2)11(14)6-12-4-9(3)15-10(5-12)7-13/h8-10,13H,4-7H2,1-3H3. The molecular weight excluding hydrogens is 194 g/mol. The Kier molecular flexibility index (Phi) is 4.70. The van der Waals surface area contributed by atoms with E-state index in [0.717, 1.165) is 6.54 Å². The van der Waals surface area contributed by atoms with E-state index in [9.17, 15) is 4.79 Å². The molecule has 0 aromatic carbocycles. The molecule has 4 heteroatoms. The number of carbonyl (C=O) groups is 1. The van der Waals surface area contributed by atoms with Crippen LogP contribution >= 0.6 is 0 Å². The van der Waals surface area contributed by atoms with Gasteiger partial charge in [-0.3, -0.25) is 9.69 Å². The second-order valence-electron chi connectivity index (χ2n) is 4.57. The summed E-state index contributed by atoms with van der Waals surface area (Å²) < 4.78 is 5.50. The van der Waals surface area contributed by atoms with Gasteiger partial charge in [-0.15, -0.1) is 0 Å². The van der Waals surface area contributed by atoms with Gasteiger partial charge in [0.25, 0.3) is 0 Å². The Morgan fingerprint density at radius 1 is 1.53 bits per heavy atom. The average Bonchev–Trinajstić information content (AvgIpc) is 2.16. The van der Waals surface area contributed by atoms with Crippen molar-refractivity contribution in [3.8, 4) is 0 Å². The van der Waals surface area contributed by atoms with Crippen molar-refractivity contribution in [3.63, 3.8) is 0 Å². The van der Waals surface area contributed by atoms with Gasteiger partial charge in [0.15, 0.2) is 0 Å². The number of nitrogens with zero attached hydrogens (tertiary/aromatic N) is 1. The maximum Gasteiger partial charge on any atom is 0.149 e. The molecule has 4 nitrogen and oxygen atoms in total. The number of ketones is 1. The molecule has 15 heavy (non-hydrogen) atoms. The van der Waals surface area contributed by atoms with Gasteiger partial charge in [-0.2, -0.15) is 0 Å². The molecule has 0 aromatic rings. The van der Waals surface area contributed by atoms with Crippen molar-refractivity contribution in [2.75, 3.05) is 26.2 Å². The smallest absolute Gasteiger partial charge is 0.149 e. The lowest BCUT2D eigenvalue weighted by atomic mass is 10.1. The molecule has 0 amide bonds. The number of hydrogen-bond donors (Lipinski definition) is 1. The molecule has 2 atom stereocenters. The van der Waals surface area contributed by atoms with Crippen LogP contribution in [0.4, 0.5) is 0 Å². The van der Waals surface area contributed by atoms with Crippen molar-refractivity contribution < 1.29 is 14.6 Å². The first-order chi connectivity index (χ1) is 7.02. The summed E-state index contributed by atoms with van der Waals surface area (Å²) in [5, 5.41) is 9.03. The van der Waals surface area contributed by atoms with E-state index in [2.05, 4.69) is 4.90 Å². The van der Waals surface area contributed by atoms with E-state index in [1.807, 2.05) is 20.8 Å². The van der Waals surface area contributed by atoms with E-state index >= 15 is 0 Å². The summed E-state index contributed by atoms with van der Waals surface area (Å²) in [4.78, 5) is 13.6. The topological polar surface area (TPSA) is 49.8 Å². The fraction of sp³-hybridized carbons (Fsp3) is 0.909. The third kappa shape index (κ3) is 3.89. The van der Waals surface area contributed by atoms with Crippen LogP contribution in [0.15, 0.2) is 0 Å². The van der Waals surface area contributed by atoms with Crippen LogP contribution in [0, 0.1) is 5.92 Å². The maximum atomic E-state index is 11.6. The van der Waals surface area contributed by atoms with E-state index in [1.165, 1.54) is 0 Å². The number of aliphatic hydroxyl groups excluding tert-OH is 1. The van der Waals surface area contributed by atoms with Crippen molar-refractivity contribution >= 4 is 5.78 Å². The molecule has 1 heterocycles. The molecule has 88 valence electrons. The minimum absolute atomic E-state index is 0.0245. The molecule has 0 saturated carbocycles. The van der Waals surface area contributed by atoms with Crippen LogP contribution in [0.1, 0.15) is 20.8 Å².